The fraction of sp³-hybridized carbons (Fsp3) is 0.154. The number of rotatable bonds is 3. The fourth-order valence-corrected chi connectivity index (χ4v) is 4.87. The van der Waals surface area contributed by atoms with Gasteiger partial charge in [0.1, 0.15) is 11.8 Å². The first-order chi connectivity index (χ1) is 16.4. The summed E-state index contributed by atoms with van der Waals surface area (Å²) in [5, 5.41) is 1.68. The van der Waals surface area contributed by atoms with Crippen LogP contribution in [0.4, 0.5) is 4.79 Å². The van der Waals surface area contributed by atoms with Crippen molar-refractivity contribution in [3.8, 4) is 5.75 Å². The summed E-state index contributed by atoms with van der Waals surface area (Å²) in [5.41, 5.74) is 4.38. The van der Waals surface area contributed by atoms with Gasteiger partial charge >= 0.3 is 12.1 Å². The normalized spacial score (nSPS) is 15.1. The third kappa shape index (κ3) is 4.17. The number of carbonyl (C=O) groups excluding carboxylic acids is 2. The van der Waals surface area contributed by atoms with Gasteiger partial charge in [0.2, 0.25) is 0 Å². The number of aromatic nitrogens is 1. The van der Waals surface area contributed by atoms with Gasteiger partial charge in [-0.05, 0) is 72.1 Å². The molecule has 1 N–H and O–H groups in total. The molecule has 172 valence electrons. The number of halogens is 2. The maximum atomic E-state index is 13.3. The van der Waals surface area contributed by atoms with Crippen LogP contribution in [-0.4, -0.2) is 35.6 Å². The molecule has 4 aromatic rings. The zero-order valence-electron chi connectivity index (χ0n) is 18.2. The summed E-state index contributed by atoms with van der Waals surface area (Å²) in [6.45, 7) is 0.475. The number of fused-ring (bicyclic) bond motifs is 3. The molecule has 8 heteroatoms. The number of methoxy groups -OCH3 is 1. The lowest BCUT2D eigenvalue weighted by molar-refractivity contribution is 0.0600. The van der Waals surface area contributed by atoms with Gasteiger partial charge in [-0.3, -0.25) is 4.90 Å². The minimum Gasteiger partial charge on any atom is -0.465 e. The maximum Gasteiger partial charge on any atom is 0.416 e. The van der Waals surface area contributed by atoms with E-state index in [1.165, 1.54) is 7.11 Å². The van der Waals surface area contributed by atoms with Crippen LogP contribution in [0.15, 0.2) is 71.2 Å². The number of H-pyrrole nitrogens is 1. The first kappa shape index (κ1) is 22.5. The highest BCUT2D eigenvalue weighted by Gasteiger charge is 2.35. The van der Waals surface area contributed by atoms with Crippen molar-refractivity contribution in [1.29, 1.82) is 0 Å². The Morgan fingerprint density at radius 3 is 2.50 bits per heavy atom. The van der Waals surface area contributed by atoms with Crippen molar-refractivity contribution in [1.82, 2.24) is 9.88 Å². The van der Waals surface area contributed by atoms with Gasteiger partial charge in [-0.25, -0.2) is 9.59 Å². The molecule has 1 aliphatic heterocycles. The number of benzene rings is 3. The Hall–Kier alpha value is -3.29. The van der Waals surface area contributed by atoms with E-state index in [4.69, 9.17) is 21.1 Å². The van der Waals surface area contributed by atoms with Crippen molar-refractivity contribution in [3.05, 3.63) is 98.6 Å². The van der Waals surface area contributed by atoms with E-state index in [1.807, 2.05) is 24.3 Å². The molecule has 0 bridgehead atoms. The summed E-state index contributed by atoms with van der Waals surface area (Å²) >= 11 is 9.52. The molecule has 34 heavy (non-hydrogen) atoms. The molecule has 1 atom stereocenters. The molecule has 0 fully saturated rings. The minimum absolute atomic E-state index is 0.412. The van der Waals surface area contributed by atoms with E-state index in [2.05, 4.69) is 27.0 Å². The highest BCUT2D eigenvalue weighted by molar-refractivity contribution is 9.10. The lowest BCUT2D eigenvalue weighted by atomic mass is 9.92. The molecule has 0 radical (unpaired) electrons. The van der Waals surface area contributed by atoms with E-state index in [0.717, 1.165) is 32.2 Å². The first-order valence-electron chi connectivity index (χ1n) is 10.7. The Morgan fingerprint density at radius 2 is 1.79 bits per heavy atom. The van der Waals surface area contributed by atoms with Gasteiger partial charge in [0.25, 0.3) is 0 Å². The van der Waals surface area contributed by atoms with Gasteiger partial charge in [0, 0.05) is 32.6 Å². The number of aromatic amines is 1. The molecule has 1 amide bonds. The van der Waals surface area contributed by atoms with Crippen LogP contribution < -0.4 is 4.74 Å². The number of esters is 1. The second kappa shape index (κ2) is 9.16. The van der Waals surface area contributed by atoms with Gasteiger partial charge in [-0.15, -0.1) is 0 Å². The van der Waals surface area contributed by atoms with Crippen LogP contribution in [0.5, 0.6) is 5.75 Å². The molecule has 5 rings (SSSR count). The summed E-state index contributed by atoms with van der Waals surface area (Å²) in [5.74, 6) is 0.00548. The highest BCUT2D eigenvalue weighted by Crippen LogP contribution is 2.39. The predicted octanol–water partition coefficient (Wildman–Crippen LogP) is 6.52. The predicted molar refractivity (Wildman–Crippen MR) is 134 cm³/mol. The fourth-order valence-electron chi connectivity index (χ4n) is 4.39. The van der Waals surface area contributed by atoms with E-state index < -0.39 is 18.1 Å². The van der Waals surface area contributed by atoms with Gasteiger partial charge in [-0.1, -0.05) is 39.7 Å². The van der Waals surface area contributed by atoms with Crippen molar-refractivity contribution < 1.29 is 19.1 Å². The molecule has 0 spiro atoms. The molecule has 1 aromatic heterocycles. The smallest absolute Gasteiger partial charge is 0.416 e. The number of ether oxygens (including phenoxy) is 2. The van der Waals surface area contributed by atoms with Crippen LogP contribution in [0.3, 0.4) is 0 Å². The Morgan fingerprint density at radius 1 is 1.06 bits per heavy atom. The van der Waals surface area contributed by atoms with Crippen molar-refractivity contribution in [2.45, 2.75) is 12.5 Å². The average Bonchev–Trinajstić information content (AvgIpc) is 3.22. The third-order valence-electron chi connectivity index (χ3n) is 5.99. The van der Waals surface area contributed by atoms with Crippen LogP contribution in [0.1, 0.15) is 33.2 Å². The molecule has 6 nitrogen and oxygen atoms in total. The van der Waals surface area contributed by atoms with Gasteiger partial charge in [0.15, 0.2) is 0 Å². The zero-order chi connectivity index (χ0) is 23.8. The van der Waals surface area contributed by atoms with Gasteiger partial charge < -0.3 is 14.5 Å². The van der Waals surface area contributed by atoms with E-state index in [-0.39, 0.29) is 0 Å². The standard InChI is InChI=1S/C26H20BrClN2O4/c1-33-25(31)16-4-2-15(3-5-16)24-23-20(21-14-17(27)6-11-22(21)29-23)12-13-30(24)26(32)34-19-9-7-18(28)8-10-19/h2-11,14,24,29H,12-13H2,1H3. The van der Waals surface area contributed by atoms with Gasteiger partial charge in [-0.2, -0.15) is 0 Å². The van der Waals surface area contributed by atoms with Crippen molar-refractivity contribution in [2.24, 2.45) is 0 Å². The summed E-state index contributed by atoms with van der Waals surface area (Å²) in [6, 6.07) is 19.5. The molecular weight excluding hydrogens is 520 g/mol. The molecule has 1 aliphatic rings. The van der Waals surface area contributed by atoms with Crippen LogP contribution >= 0.6 is 27.5 Å². The molecule has 2 heterocycles. The largest absolute Gasteiger partial charge is 0.465 e. The number of nitrogens with zero attached hydrogens (tertiary/aromatic N) is 1. The van der Waals surface area contributed by atoms with Crippen LogP contribution in [0.2, 0.25) is 5.02 Å². The number of hydrogen-bond acceptors (Lipinski definition) is 4. The minimum atomic E-state index is -0.463. The summed E-state index contributed by atoms with van der Waals surface area (Å²) in [6.07, 6.45) is 0.216. The van der Waals surface area contributed by atoms with Crippen LogP contribution in [-0.2, 0) is 11.2 Å². The molecule has 0 saturated carbocycles. The Balaban J connectivity index is 1.57. The Labute approximate surface area is 209 Å². The van der Waals surface area contributed by atoms with E-state index in [0.29, 0.717) is 29.3 Å². The van der Waals surface area contributed by atoms with E-state index in [9.17, 15) is 9.59 Å². The molecule has 3 aromatic carbocycles. The van der Waals surface area contributed by atoms with E-state index >= 15 is 0 Å². The first-order valence-corrected chi connectivity index (χ1v) is 11.8. The zero-order valence-corrected chi connectivity index (χ0v) is 20.5. The number of amides is 1. The topological polar surface area (TPSA) is 71.6 Å². The van der Waals surface area contributed by atoms with Gasteiger partial charge in [0.05, 0.1) is 12.7 Å². The summed E-state index contributed by atoms with van der Waals surface area (Å²) in [4.78, 5) is 30.5. The molecule has 0 aliphatic carbocycles. The Bertz CT molecular complexity index is 1380. The lowest BCUT2D eigenvalue weighted by Gasteiger charge is -2.35. The van der Waals surface area contributed by atoms with Crippen LogP contribution in [0.25, 0.3) is 10.9 Å². The van der Waals surface area contributed by atoms with Crippen molar-refractivity contribution in [3.63, 3.8) is 0 Å². The van der Waals surface area contributed by atoms with Crippen molar-refractivity contribution in [2.75, 3.05) is 13.7 Å². The lowest BCUT2D eigenvalue weighted by Crippen LogP contribution is -2.42. The highest BCUT2D eigenvalue weighted by atomic mass is 79.9. The number of carbonyl (C=O) groups is 2. The summed E-state index contributed by atoms with van der Waals surface area (Å²) < 4.78 is 11.5. The van der Waals surface area contributed by atoms with Crippen LogP contribution in [0, 0.1) is 0 Å². The monoisotopic (exact) mass is 538 g/mol. The number of nitrogens with one attached hydrogen (secondary N) is 1. The second-order valence-corrected chi connectivity index (χ2v) is 9.34. The van der Waals surface area contributed by atoms with Crippen molar-refractivity contribution >= 4 is 50.5 Å². The molecular formula is C26H20BrClN2O4. The average molecular weight is 540 g/mol. The second-order valence-electron chi connectivity index (χ2n) is 7.99. The molecule has 0 saturated heterocycles. The quantitative estimate of drug-likeness (QED) is 0.301. The number of hydrogen-bond donors (Lipinski definition) is 1. The SMILES string of the molecule is COC(=O)c1ccc(C2c3[nH]c4ccc(Br)cc4c3CCN2C(=O)Oc2ccc(Cl)cc2)cc1. The maximum absolute atomic E-state index is 13.3. The molecule has 1 unspecified atom stereocenters. The third-order valence-corrected chi connectivity index (χ3v) is 6.74. The van der Waals surface area contributed by atoms with E-state index in [1.54, 1.807) is 41.3 Å². The summed E-state index contributed by atoms with van der Waals surface area (Å²) in [7, 11) is 1.35. The Kier molecular flexibility index (Phi) is 6.06.